The summed E-state index contributed by atoms with van der Waals surface area (Å²) in [5.74, 6) is -0.992. The maximum Gasteiger partial charge on any atom is 0.323 e. The fraction of sp³-hybridized carbons (Fsp3) is 0.667. The van der Waals surface area contributed by atoms with Crippen LogP contribution in [0.25, 0.3) is 0 Å². The van der Waals surface area contributed by atoms with Gasteiger partial charge < -0.3 is 14.9 Å². The van der Waals surface area contributed by atoms with E-state index in [1.165, 1.54) is 4.90 Å². The average molecular weight is 242 g/mol. The first kappa shape index (κ1) is 15.5. The molecule has 0 aliphatic heterocycles. The van der Waals surface area contributed by atoms with Crippen LogP contribution in [-0.4, -0.2) is 52.6 Å². The Kier molecular flexibility index (Phi) is 7.02. The Labute approximate surface area is 103 Å². The molecule has 0 aliphatic rings. The van der Waals surface area contributed by atoms with Crippen LogP contribution in [0.15, 0.2) is 12.7 Å². The van der Waals surface area contributed by atoms with Crippen LogP contribution in [0.3, 0.4) is 0 Å². The molecule has 0 rings (SSSR count). The van der Waals surface area contributed by atoms with E-state index < -0.39 is 5.97 Å². The number of aliphatic carboxylic acids is 1. The molecule has 0 spiro atoms. The minimum absolute atomic E-state index is 0.0219. The number of rotatable bonds is 7. The minimum atomic E-state index is -0.992. The molecular formula is C12H22N2O3. The van der Waals surface area contributed by atoms with E-state index in [-0.39, 0.29) is 18.6 Å². The van der Waals surface area contributed by atoms with Crippen molar-refractivity contribution < 1.29 is 14.7 Å². The Morgan fingerprint density at radius 3 is 2.35 bits per heavy atom. The van der Waals surface area contributed by atoms with Crippen molar-refractivity contribution in [1.29, 1.82) is 0 Å². The van der Waals surface area contributed by atoms with Gasteiger partial charge in [0.15, 0.2) is 0 Å². The van der Waals surface area contributed by atoms with Gasteiger partial charge in [0, 0.05) is 19.1 Å². The van der Waals surface area contributed by atoms with E-state index in [0.717, 1.165) is 6.42 Å². The van der Waals surface area contributed by atoms with E-state index in [1.54, 1.807) is 11.0 Å². The fourth-order valence-corrected chi connectivity index (χ4v) is 1.51. The third-order valence-electron chi connectivity index (χ3n) is 2.29. The highest BCUT2D eigenvalue weighted by Gasteiger charge is 2.23. The third-order valence-corrected chi connectivity index (χ3v) is 2.29. The Morgan fingerprint density at radius 2 is 2.00 bits per heavy atom. The Morgan fingerprint density at radius 1 is 1.41 bits per heavy atom. The summed E-state index contributed by atoms with van der Waals surface area (Å²) in [5, 5.41) is 8.78. The van der Waals surface area contributed by atoms with Crippen LogP contribution in [0.2, 0.25) is 0 Å². The molecule has 0 heterocycles. The highest BCUT2D eigenvalue weighted by Crippen LogP contribution is 2.05. The first-order chi connectivity index (χ1) is 7.93. The number of urea groups is 1. The number of hydrogen-bond acceptors (Lipinski definition) is 2. The van der Waals surface area contributed by atoms with Gasteiger partial charge in [-0.25, -0.2) is 4.79 Å². The molecule has 0 aliphatic carbocycles. The smallest absolute Gasteiger partial charge is 0.323 e. The van der Waals surface area contributed by atoms with Gasteiger partial charge in [-0.2, -0.15) is 0 Å². The van der Waals surface area contributed by atoms with Crippen molar-refractivity contribution in [2.24, 2.45) is 0 Å². The molecule has 0 aromatic carbocycles. The Balaban J connectivity index is 4.75. The lowest BCUT2D eigenvalue weighted by Gasteiger charge is -2.31. The lowest BCUT2D eigenvalue weighted by atomic mass is 10.3. The van der Waals surface area contributed by atoms with Gasteiger partial charge >= 0.3 is 12.0 Å². The zero-order chi connectivity index (χ0) is 13.4. The van der Waals surface area contributed by atoms with Crippen LogP contribution in [0.1, 0.15) is 27.2 Å². The van der Waals surface area contributed by atoms with Crippen molar-refractivity contribution in [2.75, 3.05) is 19.6 Å². The van der Waals surface area contributed by atoms with E-state index in [2.05, 4.69) is 6.58 Å². The molecule has 0 aromatic heterocycles. The molecule has 0 aromatic rings. The summed E-state index contributed by atoms with van der Waals surface area (Å²) in [5.41, 5.74) is 0. The van der Waals surface area contributed by atoms with Gasteiger partial charge in [0.05, 0.1) is 0 Å². The number of amides is 2. The normalized spacial score (nSPS) is 10.1. The monoisotopic (exact) mass is 242 g/mol. The van der Waals surface area contributed by atoms with E-state index in [4.69, 9.17) is 5.11 Å². The maximum absolute atomic E-state index is 12.1. The minimum Gasteiger partial charge on any atom is -0.480 e. The number of carbonyl (C=O) groups is 2. The van der Waals surface area contributed by atoms with Crippen molar-refractivity contribution in [1.82, 2.24) is 9.80 Å². The number of carbonyl (C=O) groups excluding carboxylic acids is 1. The molecule has 0 saturated carbocycles. The summed E-state index contributed by atoms with van der Waals surface area (Å²) < 4.78 is 0. The van der Waals surface area contributed by atoms with Gasteiger partial charge in [0.25, 0.3) is 0 Å². The Hall–Kier alpha value is -1.52. The lowest BCUT2D eigenvalue weighted by molar-refractivity contribution is -0.137. The molecule has 0 atom stereocenters. The second-order valence-electron chi connectivity index (χ2n) is 4.13. The SMILES string of the molecule is C=CCN(C(=O)N(CCC)CC(=O)O)C(C)C. The number of hydrogen-bond donors (Lipinski definition) is 1. The first-order valence-electron chi connectivity index (χ1n) is 5.82. The lowest BCUT2D eigenvalue weighted by Crippen LogP contribution is -2.48. The molecule has 0 fully saturated rings. The molecule has 5 heteroatoms. The van der Waals surface area contributed by atoms with Crippen molar-refractivity contribution in [2.45, 2.75) is 33.2 Å². The van der Waals surface area contributed by atoms with Crippen molar-refractivity contribution >= 4 is 12.0 Å². The molecule has 98 valence electrons. The zero-order valence-corrected chi connectivity index (χ0v) is 10.8. The van der Waals surface area contributed by atoms with Crippen molar-refractivity contribution in [3.05, 3.63) is 12.7 Å². The summed E-state index contributed by atoms with van der Waals surface area (Å²) in [6.45, 7) is 9.93. The summed E-state index contributed by atoms with van der Waals surface area (Å²) in [7, 11) is 0. The van der Waals surface area contributed by atoms with Crippen LogP contribution in [-0.2, 0) is 4.79 Å². The molecule has 2 amide bonds. The predicted molar refractivity (Wildman–Crippen MR) is 66.9 cm³/mol. The van der Waals surface area contributed by atoms with Crippen LogP contribution in [0, 0.1) is 0 Å². The molecule has 0 unspecified atom stereocenters. The Bertz CT molecular complexity index is 277. The molecular weight excluding hydrogens is 220 g/mol. The first-order valence-corrected chi connectivity index (χ1v) is 5.82. The summed E-state index contributed by atoms with van der Waals surface area (Å²) in [6, 6.07) is -0.224. The predicted octanol–water partition coefficient (Wildman–Crippen LogP) is 1.80. The molecule has 0 saturated heterocycles. The van der Waals surface area contributed by atoms with Crippen molar-refractivity contribution in [3.63, 3.8) is 0 Å². The zero-order valence-electron chi connectivity index (χ0n) is 10.8. The quantitative estimate of drug-likeness (QED) is 0.692. The molecule has 0 radical (unpaired) electrons. The van der Waals surface area contributed by atoms with E-state index in [0.29, 0.717) is 13.1 Å². The van der Waals surface area contributed by atoms with Crippen LogP contribution < -0.4 is 0 Å². The number of nitrogens with zero attached hydrogens (tertiary/aromatic N) is 2. The third kappa shape index (κ3) is 5.38. The molecule has 1 N–H and O–H groups in total. The summed E-state index contributed by atoms with van der Waals surface area (Å²) in [6.07, 6.45) is 2.38. The van der Waals surface area contributed by atoms with Gasteiger partial charge in [-0.3, -0.25) is 4.79 Å². The van der Waals surface area contributed by atoms with Gasteiger partial charge in [-0.1, -0.05) is 13.0 Å². The molecule has 5 nitrogen and oxygen atoms in total. The van der Waals surface area contributed by atoms with E-state index in [1.807, 2.05) is 20.8 Å². The fourth-order valence-electron chi connectivity index (χ4n) is 1.51. The van der Waals surface area contributed by atoms with E-state index >= 15 is 0 Å². The van der Waals surface area contributed by atoms with Gasteiger partial charge in [-0.05, 0) is 20.3 Å². The van der Waals surface area contributed by atoms with Gasteiger partial charge in [0.1, 0.15) is 6.54 Å². The maximum atomic E-state index is 12.1. The van der Waals surface area contributed by atoms with Crippen LogP contribution in [0.4, 0.5) is 4.79 Å². The summed E-state index contributed by atoms with van der Waals surface area (Å²) >= 11 is 0. The van der Waals surface area contributed by atoms with Crippen LogP contribution >= 0.6 is 0 Å². The topological polar surface area (TPSA) is 60.9 Å². The number of carboxylic acid groups (broad SMARTS) is 1. The second-order valence-corrected chi connectivity index (χ2v) is 4.13. The van der Waals surface area contributed by atoms with Gasteiger partial charge in [-0.15, -0.1) is 6.58 Å². The second kappa shape index (κ2) is 7.70. The van der Waals surface area contributed by atoms with Crippen LogP contribution in [0.5, 0.6) is 0 Å². The van der Waals surface area contributed by atoms with E-state index in [9.17, 15) is 9.59 Å². The standard InChI is InChI=1S/C12H22N2O3/c1-5-7-13(9-11(15)16)12(17)14(8-6-2)10(3)4/h6,10H,2,5,7-9H2,1,3-4H3,(H,15,16). The molecule has 17 heavy (non-hydrogen) atoms. The van der Waals surface area contributed by atoms with Crippen molar-refractivity contribution in [3.8, 4) is 0 Å². The summed E-state index contributed by atoms with van der Waals surface area (Å²) in [4.78, 5) is 25.8. The highest BCUT2D eigenvalue weighted by molar-refractivity contribution is 5.80. The number of carboxylic acids is 1. The largest absolute Gasteiger partial charge is 0.480 e. The highest BCUT2D eigenvalue weighted by atomic mass is 16.4. The average Bonchev–Trinajstić information content (AvgIpc) is 2.23. The molecule has 0 bridgehead atoms. The van der Waals surface area contributed by atoms with Gasteiger partial charge in [0.2, 0.25) is 0 Å².